The van der Waals surface area contributed by atoms with Gasteiger partial charge in [-0.05, 0) is 49.4 Å². The van der Waals surface area contributed by atoms with E-state index in [0.717, 1.165) is 18.2 Å². The highest BCUT2D eigenvalue weighted by Gasteiger charge is 2.26. The van der Waals surface area contributed by atoms with Crippen molar-refractivity contribution in [3.05, 3.63) is 58.3 Å². The Hall–Kier alpha value is -1.30. The number of hydrogen-bond donors (Lipinski definition) is 0. The lowest BCUT2D eigenvalue weighted by molar-refractivity contribution is 0.591. The number of hydrogen-bond acceptors (Lipinski definition) is 2. The molecule has 0 radical (unpaired) electrons. The first-order chi connectivity index (χ1) is 9.86. The monoisotopic (exact) mass is 347 g/mol. The Morgan fingerprint density at radius 3 is 2.24 bits per heavy atom. The quantitative estimate of drug-likeness (QED) is 0.824. The van der Waals surface area contributed by atoms with Gasteiger partial charge >= 0.3 is 0 Å². The van der Waals surface area contributed by atoms with Crippen LogP contribution >= 0.6 is 23.2 Å². The first-order valence-corrected chi connectivity index (χ1v) is 8.29. The Bertz CT molecular complexity index is 748. The molecule has 0 aliphatic carbocycles. The molecule has 2 aromatic carbocycles. The molecule has 0 heterocycles. The zero-order valence-corrected chi connectivity index (χ0v) is 13.4. The van der Waals surface area contributed by atoms with Crippen LogP contribution in [0.3, 0.4) is 0 Å². The maximum absolute atomic E-state index is 13.1. The maximum atomic E-state index is 13.1. The Kier molecular flexibility index (Phi) is 4.76. The minimum Gasteiger partial charge on any atom is -0.267 e. The SMILES string of the molecule is CCN(c1ccc(Cl)cc1)S(=O)(=O)c1ccc(F)cc1Cl. The van der Waals surface area contributed by atoms with Crippen LogP contribution in [0.5, 0.6) is 0 Å². The maximum Gasteiger partial charge on any atom is 0.265 e. The van der Waals surface area contributed by atoms with Gasteiger partial charge in [0.05, 0.1) is 10.7 Å². The molecule has 0 spiro atoms. The summed E-state index contributed by atoms with van der Waals surface area (Å²) in [4.78, 5) is -0.137. The zero-order chi connectivity index (χ0) is 15.6. The largest absolute Gasteiger partial charge is 0.267 e. The second kappa shape index (κ2) is 6.22. The molecule has 0 aliphatic rings. The number of halogens is 3. The van der Waals surface area contributed by atoms with E-state index in [9.17, 15) is 12.8 Å². The van der Waals surface area contributed by atoms with Crippen molar-refractivity contribution in [1.82, 2.24) is 0 Å². The molecule has 112 valence electrons. The average molecular weight is 348 g/mol. The smallest absolute Gasteiger partial charge is 0.265 e. The van der Waals surface area contributed by atoms with Crippen LogP contribution in [0.2, 0.25) is 10.0 Å². The molecule has 0 aliphatic heterocycles. The van der Waals surface area contributed by atoms with Gasteiger partial charge in [-0.2, -0.15) is 0 Å². The highest BCUT2D eigenvalue weighted by atomic mass is 35.5. The first-order valence-electron chi connectivity index (χ1n) is 6.09. The van der Waals surface area contributed by atoms with E-state index in [4.69, 9.17) is 23.2 Å². The van der Waals surface area contributed by atoms with E-state index in [2.05, 4.69) is 0 Å². The molecule has 2 rings (SSSR count). The van der Waals surface area contributed by atoms with Gasteiger partial charge in [-0.25, -0.2) is 12.8 Å². The van der Waals surface area contributed by atoms with Crippen LogP contribution in [-0.4, -0.2) is 15.0 Å². The van der Waals surface area contributed by atoms with Crippen molar-refractivity contribution in [2.24, 2.45) is 0 Å². The van der Waals surface area contributed by atoms with Crippen molar-refractivity contribution in [1.29, 1.82) is 0 Å². The summed E-state index contributed by atoms with van der Waals surface area (Å²) in [5.41, 5.74) is 0.460. The summed E-state index contributed by atoms with van der Waals surface area (Å²) in [6.07, 6.45) is 0. The number of rotatable bonds is 4. The van der Waals surface area contributed by atoms with Crippen LogP contribution in [0.4, 0.5) is 10.1 Å². The molecule has 0 unspecified atom stereocenters. The molecule has 0 N–H and O–H groups in total. The molecule has 0 amide bonds. The molecule has 21 heavy (non-hydrogen) atoms. The Balaban J connectivity index is 2.51. The number of nitrogens with zero attached hydrogens (tertiary/aromatic N) is 1. The highest BCUT2D eigenvalue weighted by molar-refractivity contribution is 7.93. The Labute approximate surface area is 133 Å². The van der Waals surface area contributed by atoms with Gasteiger partial charge in [0, 0.05) is 11.6 Å². The molecule has 0 saturated carbocycles. The molecule has 0 aromatic heterocycles. The predicted molar refractivity (Wildman–Crippen MR) is 83.1 cm³/mol. The topological polar surface area (TPSA) is 37.4 Å². The summed E-state index contributed by atoms with van der Waals surface area (Å²) in [5.74, 6) is -0.589. The van der Waals surface area contributed by atoms with Crippen LogP contribution in [0, 0.1) is 5.82 Å². The second-order valence-electron chi connectivity index (χ2n) is 4.22. The number of benzene rings is 2. The van der Waals surface area contributed by atoms with Gasteiger partial charge < -0.3 is 0 Å². The lowest BCUT2D eigenvalue weighted by Gasteiger charge is -2.23. The van der Waals surface area contributed by atoms with Gasteiger partial charge in [-0.1, -0.05) is 23.2 Å². The van der Waals surface area contributed by atoms with Gasteiger partial charge in [-0.3, -0.25) is 4.31 Å². The van der Waals surface area contributed by atoms with Crippen molar-refractivity contribution in [3.8, 4) is 0 Å². The lowest BCUT2D eigenvalue weighted by atomic mass is 10.3. The van der Waals surface area contributed by atoms with Crippen LogP contribution in [-0.2, 0) is 10.0 Å². The van der Waals surface area contributed by atoms with E-state index in [0.29, 0.717) is 10.7 Å². The third-order valence-corrected chi connectivity index (χ3v) is 5.50. The third kappa shape index (κ3) is 3.31. The van der Waals surface area contributed by atoms with Crippen molar-refractivity contribution in [2.75, 3.05) is 10.8 Å². The fraction of sp³-hybridized carbons (Fsp3) is 0.143. The third-order valence-electron chi connectivity index (χ3n) is 2.86. The van der Waals surface area contributed by atoms with E-state index in [1.54, 1.807) is 31.2 Å². The molecule has 0 saturated heterocycles. The molecule has 7 heteroatoms. The molecule has 3 nitrogen and oxygen atoms in total. The number of sulfonamides is 1. The molecule has 2 aromatic rings. The number of anilines is 1. The van der Waals surface area contributed by atoms with Gasteiger partial charge in [-0.15, -0.1) is 0 Å². The van der Waals surface area contributed by atoms with Crippen molar-refractivity contribution in [2.45, 2.75) is 11.8 Å². The summed E-state index contributed by atoms with van der Waals surface area (Å²) >= 11 is 11.7. The van der Waals surface area contributed by atoms with Crippen LogP contribution in [0.1, 0.15) is 6.92 Å². The predicted octanol–water partition coefficient (Wildman–Crippen LogP) is 4.35. The van der Waals surface area contributed by atoms with Crippen molar-refractivity contribution >= 4 is 38.9 Å². The van der Waals surface area contributed by atoms with Crippen molar-refractivity contribution < 1.29 is 12.8 Å². The van der Waals surface area contributed by atoms with Gasteiger partial charge in [0.2, 0.25) is 0 Å². The second-order valence-corrected chi connectivity index (χ2v) is 6.90. The fourth-order valence-corrected chi connectivity index (χ4v) is 4.01. The molecule has 0 atom stereocenters. The molecule has 0 bridgehead atoms. The van der Waals surface area contributed by atoms with Gasteiger partial charge in [0.15, 0.2) is 0 Å². The molecule has 0 fully saturated rings. The molecular weight excluding hydrogens is 336 g/mol. The minimum atomic E-state index is -3.87. The van der Waals surface area contributed by atoms with E-state index in [-0.39, 0.29) is 16.5 Å². The van der Waals surface area contributed by atoms with E-state index >= 15 is 0 Å². The van der Waals surface area contributed by atoms with Crippen molar-refractivity contribution in [3.63, 3.8) is 0 Å². The average Bonchev–Trinajstić information content (AvgIpc) is 2.41. The van der Waals surface area contributed by atoms with Crippen LogP contribution in [0.15, 0.2) is 47.4 Å². The summed E-state index contributed by atoms with van der Waals surface area (Å²) < 4.78 is 39.6. The summed E-state index contributed by atoms with van der Waals surface area (Å²) in [6.45, 7) is 1.90. The van der Waals surface area contributed by atoms with E-state index < -0.39 is 15.8 Å². The Morgan fingerprint density at radius 1 is 1.10 bits per heavy atom. The summed E-state index contributed by atoms with van der Waals surface area (Å²) in [5, 5.41) is 0.356. The van der Waals surface area contributed by atoms with Gasteiger partial charge in [0.25, 0.3) is 10.0 Å². The summed E-state index contributed by atoms with van der Waals surface area (Å²) in [7, 11) is -3.87. The first kappa shape index (κ1) is 16.1. The summed E-state index contributed by atoms with van der Waals surface area (Å²) in [6, 6.07) is 9.59. The van der Waals surface area contributed by atoms with E-state index in [1.165, 1.54) is 4.31 Å². The lowest BCUT2D eigenvalue weighted by Crippen LogP contribution is -2.31. The fourth-order valence-electron chi connectivity index (χ4n) is 1.90. The Morgan fingerprint density at radius 2 is 1.71 bits per heavy atom. The normalized spacial score (nSPS) is 11.4. The highest BCUT2D eigenvalue weighted by Crippen LogP contribution is 2.29. The van der Waals surface area contributed by atoms with E-state index in [1.807, 2.05) is 0 Å². The standard InChI is InChI=1S/C14H12Cl2FNO2S/c1-2-18(12-6-3-10(15)4-7-12)21(19,20)14-8-5-11(17)9-13(14)16/h3-9H,2H2,1H3. The molecular formula is C14H12Cl2FNO2S. The van der Waals surface area contributed by atoms with Crippen LogP contribution < -0.4 is 4.31 Å². The minimum absolute atomic E-state index is 0.137. The van der Waals surface area contributed by atoms with Crippen LogP contribution in [0.25, 0.3) is 0 Å². The van der Waals surface area contributed by atoms with Gasteiger partial charge in [0.1, 0.15) is 10.7 Å². The zero-order valence-electron chi connectivity index (χ0n) is 11.1.